The zero-order valence-corrected chi connectivity index (χ0v) is 8.49. The molecule has 0 fully saturated rings. The highest BCUT2D eigenvalue weighted by Gasteiger charge is 2.12. The molecule has 0 aliphatic rings. The maximum atomic E-state index is 10.5. The van der Waals surface area contributed by atoms with Crippen LogP contribution in [0.2, 0.25) is 0 Å². The fraction of sp³-hybridized carbons (Fsp3) is 0.222. The van der Waals surface area contributed by atoms with E-state index in [1.807, 2.05) is 24.3 Å². The Morgan fingerprint density at radius 2 is 2.15 bits per heavy atom. The number of hydrogen-bond donors (Lipinski definition) is 2. The van der Waals surface area contributed by atoms with E-state index in [-0.39, 0.29) is 0 Å². The van der Waals surface area contributed by atoms with Crippen molar-refractivity contribution in [1.29, 1.82) is 0 Å². The second kappa shape index (κ2) is 4.39. The molecule has 3 nitrogen and oxygen atoms in total. The van der Waals surface area contributed by atoms with Crippen molar-refractivity contribution in [2.24, 2.45) is 5.73 Å². The third-order valence-corrected chi connectivity index (χ3v) is 2.49. The second-order valence-corrected chi connectivity index (χ2v) is 3.59. The zero-order valence-electron chi connectivity index (χ0n) is 6.90. The van der Waals surface area contributed by atoms with E-state index in [9.17, 15) is 4.79 Å². The van der Waals surface area contributed by atoms with E-state index < -0.39 is 12.0 Å². The van der Waals surface area contributed by atoms with Gasteiger partial charge >= 0.3 is 5.97 Å². The molecule has 0 spiro atoms. The first-order valence-corrected chi connectivity index (χ1v) is 4.62. The van der Waals surface area contributed by atoms with Crippen LogP contribution in [0, 0.1) is 0 Å². The third kappa shape index (κ3) is 2.82. The maximum Gasteiger partial charge on any atom is 0.320 e. The molecule has 0 amide bonds. The van der Waals surface area contributed by atoms with Crippen LogP contribution in [-0.2, 0) is 11.2 Å². The van der Waals surface area contributed by atoms with Gasteiger partial charge in [-0.05, 0) is 18.1 Å². The van der Waals surface area contributed by atoms with E-state index >= 15 is 0 Å². The van der Waals surface area contributed by atoms with Crippen molar-refractivity contribution in [3.63, 3.8) is 0 Å². The molecular weight excluding hydrogens is 234 g/mol. The van der Waals surface area contributed by atoms with Crippen LogP contribution < -0.4 is 5.73 Å². The summed E-state index contributed by atoms with van der Waals surface area (Å²) < 4.78 is 0.895. The standard InChI is InChI=1S/C9H10BrNO2/c10-7-4-2-1-3-6(7)5-8(11)9(12)13/h1-4,8H,5,11H2,(H,12,13). The number of carboxylic acids is 1. The van der Waals surface area contributed by atoms with Crippen molar-refractivity contribution in [3.8, 4) is 0 Å². The topological polar surface area (TPSA) is 63.3 Å². The molecular formula is C9H10BrNO2. The van der Waals surface area contributed by atoms with E-state index in [0.717, 1.165) is 10.0 Å². The Morgan fingerprint density at radius 3 is 2.69 bits per heavy atom. The lowest BCUT2D eigenvalue weighted by atomic mass is 10.1. The summed E-state index contributed by atoms with van der Waals surface area (Å²) in [6.45, 7) is 0. The van der Waals surface area contributed by atoms with Crippen LogP contribution in [0.1, 0.15) is 5.56 Å². The largest absolute Gasteiger partial charge is 0.480 e. The Hall–Kier alpha value is -0.870. The predicted octanol–water partition coefficient (Wildman–Crippen LogP) is 1.40. The first kappa shape index (κ1) is 10.2. The fourth-order valence-corrected chi connectivity index (χ4v) is 1.43. The Morgan fingerprint density at radius 1 is 1.54 bits per heavy atom. The molecule has 0 radical (unpaired) electrons. The summed E-state index contributed by atoms with van der Waals surface area (Å²) in [4.78, 5) is 10.5. The molecule has 1 rings (SSSR count). The normalized spacial score (nSPS) is 12.5. The molecule has 1 unspecified atom stereocenters. The lowest BCUT2D eigenvalue weighted by molar-refractivity contribution is -0.138. The van der Waals surface area contributed by atoms with Gasteiger partial charge in [-0.2, -0.15) is 0 Å². The van der Waals surface area contributed by atoms with Gasteiger partial charge in [0.05, 0.1) is 0 Å². The second-order valence-electron chi connectivity index (χ2n) is 2.74. The van der Waals surface area contributed by atoms with Crippen LogP contribution >= 0.6 is 15.9 Å². The fourth-order valence-electron chi connectivity index (χ4n) is 0.988. The van der Waals surface area contributed by atoms with E-state index in [1.165, 1.54) is 0 Å². The van der Waals surface area contributed by atoms with Crippen molar-refractivity contribution >= 4 is 21.9 Å². The molecule has 0 aliphatic heterocycles. The summed E-state index contributed by atoms with van der Waals surface area (Å²) >= 11 is 3.33. The molecule has 70 valence electrons. The van der Waals surface area contributed by atoms with Crippen molar-refractivity contribution in [2.45, 2.75) is 12.5 Å². The van der Waals surface area contributed by atoms with Crippen molar-refractivity contribution < 1.29 is 9.90 Å². The molecule has 0 aliphatic carbocycles. The lowest BCUT2D eigenvalue weighted by Crippen LogP contribution is -2.32. The SMILES string of the molecule is NC(Cc1ccccc1Br)C(=O)O. The minimum Gasteiger partial charge on any atom is -0.480 e. The average Bonchev–Trinajstić information content (AvgIpc) is 2.08. The van der Waals surface area contributed by atoms with Crippen LogP contribution in [0.5, 0.6) is 0 Å². The number of carbonyl (C=O) groups is 1. The predicted molar refractivity (Wildman–Crippen MR) is 53.5 cm³/mol. The van der Waals surface area contributed by atoms with Crippen LogP contribution in [0.25, 0.3) is 0 Å². The molecule has 0 aromatic heterocycles. The maximum absolute atomic E-state index is 10.5. The van der Waals surface area contributed by atoms with Crippen molar-refractivity contribution in [2.75, 3.05) is 0 Å². The molecule has 0 saturated carbocycles. The van der Waals surface area contributed by atoms with Crippen molar-refractivity contribution in [3.05, 3.63) is 34.3 Å². The van der Waals surface area contributed by atoms with Gasteiger partial charge in [0.15, 0.2) is 0 Å². The monoisotopic (exact) mass is 243 g/mol. The summed E-state index contributed by atoms with van der Waals surface area (Å²) in [5.74, 6) is -0.976. The Kier molecular flexibility index (Phi) is 3.45. The number of halogens is 1. The van der Waals surface area contributed by atoms with Gasteiger partial charge < -0.3 is 10.8 Å². The zero-order chi connectivity index (χ0) is 9.84. The van der Waals surface area contributed by atoms with Crippen LogP contribution in [0.15, 0.2) is 28.7 Å². The highest BCUT2D eigenvalue weighted by atomic mass is 79.9. The lowest BCUT2D eigenvalue weighted by Gasteiger charge is -2.07. The van der Waals surface area contributed by atoms with E-state index in [2.05, 4.69) is 15.9 Å². The summed E-state index contributed by atoms with van der Waals surface area (Å²) in [7, 11) is 0. The van der Waals surface area contributed by atoms with Crippen molar-refractivity contribution in [1.82, 2.24) is 0 Å². The number of carboxylic acid groups (broad SMARTS) is 1. The third-order valence-electron chi connectivity index (χ3n) is 1.71. The highest BCUT2D eigenvalue weighted by molar-refractivity contribution is 9.10. The Bertz CT molecular complexity index is 314. The summed E-state index contributed by atoms with van der Waals surface area (Å²) in [5.41, 5.74) is 6.31. The number of rotatable bonds is 3. The number of nitrogens with two attached hydrogens (primary N) is 1. The molecule has 1 aromatic rings. The summed E-state index contributed by atoms with van der Waals surface area (Å²) in [6, 6.07) is 6.62. The van der Waals surface area contributed by atoms with Gasteiger partial charge in [-0.3, -0.25) is 4.79 Å². The first-order valence-electron chi connectivity index (χ1n) is 3.83. The van der Waals surface area contributed by atoms with Gasteiger partial charge in [0.25, 0.3) is 0 Å². The molecule has 4 heteroatoms. The highest BCUT2D eigenvalue weighted by Crippen LogP contribution is 2.16. The van der Waals surface area contributed by atoms with E-state index in [4.69, 9.17) is 10.8 Å². The number of hydrogen-bond acceptors (Lipinski definition) is 2. The molecule has 3 N–H and O–H groups in total. The minimum absolute atomic E-state index is 0.344. The smallest absolute Gasteiger partial charge is 0.320 e. The van der Waals surface area contributed by atoms with Crippen LogP contribution in [-0.4, -0.2) is 17.1 Å². The molecule has 13 heavy (non-hydrogen) atoms. The van der Waals surface area contributed by atoms with Gasteiger partial charge in [0.1, 0.15) is 6.04 Å². The van der Waals surface area contributed by atoms with Gasteiger partial charge in [-0.15, -0.1) is 0 Å². The average molecular weight is 244 g/mol. The summed E-state index contributed by atoms with van der Waals surface area (Å²) in [6.07, 6.45) is 0.344. The van der Waals surface area contributed by atoms with Gasteiger partial charge in [0.2, 0.25) is 0 Å². The van der Waals surface area contributed by atoms with Crippen LogP contribution in [0.4, 0.5) is 0 Å². The number of aliphatic carboxylic acids is 1. The summed E-state index contributed by atoms with van der Waals surface area (Å²) in [5, 5.41) is 8.59. The molecule has 1 atom stereocenters. The Balaban J connectivity index is 2.74. The van der Waals surface area contributed by atoms with Crippen LogP contribution in [0.3, 0.4) is 0 Å². The van der Waals surface area contributed by atoms with Gasteiger partial charge in [-0.1, -0.05) is 34.1 Å². The number of benzene rings is 1. The molecule has 0 bridgehead atoms. The molecule has 0 saturated heterocycles. The van der Waals surface area contributed by atoms with E-state index in [1.54, 1.807) is 0 Å². The Labute approximate surface area is 84.7 Å². The first-order chi connectivity index (χ1) is 6.11. The minimum atomic E-state index is -0.976. The van der Waals surface area contributed by atoms with Gasteiger partial charge in [0, 0.05) is 4.47 Å². The molecule has 1 aromatic carbocycles. The van der Waals surface area contributed by atoms with E-state index in [0.29, 0.717) is 6.42 Å². The van der Waals surface area contributed by atoms with Gasteiger partial charge in [-0.25, -0.2) is 0 Å². The quantitative estimate of drug-likeness (QED) is 0.844. The molecule has 0 heterocycles.